The molecule has 0 saturated carbocycles. The van der Waals surface area contributed by atoms with Crippen molar-refractivity contribution in [2.45, 2.75) is 19.9 Å². The number of hydrogen-bond donors (Lipinski definition) is 2. The second kappa shape index (κ2) is 7.13. The van der Waals surface area contributed by atoms with E-state index in [0.717, 1.165) is 25.1 Å². The lowest BCUT2D eigenvalue weighted by Crippen LogP contribution is -2.21. The third-order valence-corrected chi connectivity index (χ3v) is 2.80. The fourth-order valence-electron chi connectivity index (χ4n) is 1.50. The lowest BCUT2D eigenvalue weighted by Gasteiger charge is -2.11. The standard InChI is InChI=1S/C12H17Cl2NO/c1-9(2-3-16)7-15-8-10-4-11(13)6-12(14)5-10/h4-6,9,15-16H,2-3,7-8H2,1H3. The van der Waals surface area contributed by atoms with Gasteiger partial charge in [-0.05, 0) is 42.6 Å². The summed E-state index contributed by atoms with van der Waals surface area (Å²) in [6, 6.07) is 5.52. The van der Waals surface area contributed by atoms with Gasteiger partial charge in [-0.2, -0.15) is 0 Å². The monoisotopic (exact) mass is 261 g/mol. The minimum atomic E-state index is 0.242. The van der Waals surface area contributed by atoms with Crippen molar-refractivity contribution in [2.24, 2.45) is 5.92 Å². The normalized spacial score (nSPS) is 12.8. The maximum absolute atomic E-state index is 8.76. The molecule has 1 atom stereocenters. The summed E-state index contributed by atoms with van der Waals surface area (Å²) in [5.41, 5.74) is 1.08. The summed E-state index contributed by atoms with van der Waals surface area (Å²) < 4.78 is 0. The molecule has 0 amide bonds. The molecule has 1 rings (SSSR count). The van der Waals surface area contributed by atoms with Gasteiger partial charge in [0.2, 0.25) is 0 Å². The van der Waals surface area contributed by atoms with Gasteiger partial charge in [-0.25, -0.2) is 0 Å². The highest BCUT2D eigenvalue weighted by Gasteiger charge is 2.02. The highest BCUT2D eigenvalue weighted by atomic mass is 35.5. The first-order chi connectivity index (χ1) is 7.61. The van der Waals surface area contributed by atoms with Gasteiger partial charge in [0.15, 0.2) is 0 Å². The Kier molecular flexibility index (Phi) is 6.14. The second-order valence-corrected chi connectivity index (χ2v) is 4.90. The third kappa shape index (κ3) is 5.17. The minimum Gasteiger partial charge on any atom is -0.396 e. The van der Waals surface area contributed by atoms with Crippen molar-refractivity contribution in [2.75, 3.05) is 13.2 Å². The van der Waals surface area contributed by atoms with Crippen molar-refractivity contribution < 1.29 is 5.11 Å². The molecule has 0 fully saturated rings. The summed E-state index contributed by atoms with van der Waals surface area (Å²) in [6.07, 6.45) is 0.823. The van der Waals surface area contributed by atoms with Crippen LogP contribution in [0.25, 0.3) is 0 Å². The molecule has 0 spiro atoms. The van der Waals surface area contributed by atoms with Crippen molar-refractivity contribution in [1.82, 2.24) is 5.32 Å². The van der Waals surface area contributed by atoms with Gasteiger partial charge in [0, 0.05) is 23.2 Å². The summed E-state index contributed by atoms with van der Waals surface area (Å²) in [4.78, 5) is 0. The van der Waals surface area contributed by atoms with E-state index in [4.69, 9.17) is 28.3 Å². The first-order valence-electron chi connectivity index (χ1n) is 5.38. The van der Waals surface area contributed by atoms with E-state index in [-0.39, 0.29) is 6.61 Å². The van der Waals surface area contributed by atoms with E-state index in [1.807, 2.05) is 12.1 Å². The number of hydrogen-bond acceptors (Lipinski definition) is 2. The van der Waals surface area contributed by atoms with Crippen LogP contribution in [0.5, 0.6) is 0 Å². The maximum atomic E-state index is 8.76. The Balaban J connectivity index is 2.37. The summed E-state index contributed by atoms with van der Waals surface area (Å²) in [5.74, 6) is 0.472. The highest BCUT2D eigenvalue weighted by Crippen LogP contribution is 2.18. The highest BCUT2D eigenvalue weighted by molar-refractivity contribution is 6.34. The van der Waals surface area contributed by atoms with E-state index in [9.17, 15) is 0 Å². The molecule has 0 aliphatic heterocycles. The van der Waals surface area contributed by atoms with Crippen LogP contribution >= 0.6 is 23.2 Å². The number of benzene rings is 1. The van der Waals surface area contributed by atoms with Crippen molar-refractivity contribution in [1.29, 1.82) is 0 Å². The summed E-state index contributed by atoms with van der Waals surface area (Å²) >= 11 is 11.8. The molecule has 2 nitrogen and oxygen atoms in total. The molecule has 0 aromatic heterocycles. The third-order valence-electron chi connectivity index (χ3n) is 2.37. The average Bonchev–Trinajstić information content (AvgIpc) is 2.16. The SMILES string of the molecule is CC(CCO)CNCc1cc(Cl)cc(Cl)c1. The van der Waals surface area contributed by atoms with Crippen molar-refractivity contribution in [3.05, 3.63) is 33.8 Å². The predicted molar refractivity (Wildman–Crippen MR) is 69.0 cm³/mol. The van der Waals surface area contributed by atoms with Gasteiger partial charge < -0.3 is 10.4 Å². The van der Waals surface area contributed by atoms with Gasteiger partial charge in [-0.1, -0.05) is 30.1 Å². The number of aliphatic hydroxyl groups is 1. The predicted octanol–water partition coefficient (Wildman–Crippen LogP) is 3.10. The van der Waals surface area contributed by atoms with Crippen molar-refractivity contribution >= 4 is 23.2 Å². The first-order valence-corrected chi connectivity index (χ1v) is 6.14. The minimum absolute atomic E-state index is 0.242. The van der Waals surface area contributed by atoms with Crippen LogP contribution < -0.4 is 5.32 Å². The molecule has 2 N–H and O–H groups in total. The average molecular weight is 262 g/mol. The van der Waals surface area contributed by atoms with E-state index >= 15 is 0 Å². The molecule has 0 aliphatic carbocycles. The van der Waals surface area contributed by atoms with E-state index in [0.29, 0.717) is 16.0 Å². The summed E-state index contributed by atoms with van der Waals surface area (Å²) in [6.45, 7) is 3.97. The number of rotatable bonds is 6. The molecule has 0 aliphatic rings. The maximum Gasteiger partial charge on any atom is 0.0434 e. The molecule has 1 aromatic carbocycles. The fraction of sp³-hybridized carbons (Fsp3) is 0.500. The summed E-state index contributed by atoms with van der Waals surface area (Å²) in [7, 11) is 0. The lowest BCUT2D eigenvalue weighted by atomic mass is 10.1. The first kappa shape index (κ1) is 13.8. The van der Waals surface area contributed by atoms with Crippen molar-refractivity contribution in [3.8, 4) is 0 Å². The van der Waals surface area contributed by atoms with Gasteiger partial charge in [0.05, 0.1) is 0 Å². The van der Waals surface area contributed by atoms with E-state index in [2.05, 4.69) is 12.2 Å². The zero-order valence-corrected chi connectivity index (χ0v) is 10.9. The van der Waals surface area contributed by atoms with Crippen LogP contribution in [-0.2, 0) is 6.54 Å². The Morgan fingerprint density at radius 3 is 2.44 bits per heavy atom. The van der Waals surface area contributed by atoms with Gasteiger partial charge in [-0.15, -0.1) is 0 Å². The molecule has 1 aromatic rings. The number of halogens is 2. The largest absolute Gasteiger partial charge is 0.396 e. The fourth-order valence-corrected chi connectivity index (χ4v) is 2.07. The van der Waals surface area contributed by atoms with Crippen LogP contribution in [0.1, 0.15) is 18.9 Å². The van der Waals surface area contributed by atoms with E-state index < -0.39 is 0 Å². The molecule has 16 heavy (non-hydrogen) atoms. The number of nitrogens with one attached hydrogen (secondary N) is 1. The molecule has 0 bridgehead atoms. The van der Waals surface area contributed by atoms with Crippen LogP contribution in [0.2, 0.25) is 10.0 Å². The van der Waals surface area contributed by atoms with Crippen molar-refractivity contribution in [3.63, 3.8) is 0 Å². The Hall–Kier alpha value is -0.280. The zero-order valence-electron chi connectivity index (χ0n) is 9.34. The molecular formula is C12H17Cl2NO. The Labute approximate surface area is 107 Å². The lowest BCUT2D eigenvalue weighted by molar-refractivity contribution is 0.260. The molecular weight excluding hydrogens is 245 g/mol. The van der Waals surface area contributed by atoms with Crippen LogP contribution in [0.4, 0.5) is 0 Å². The van der Waals surface area contributed by atoms with Gasteiger partial charge >= 0.3 is 0 Å². The Morgan fingerprint density at radius 1 is 1.25 bits per heavy atom. The van der Waals surface area contributed by atoms with E-state index in [1.165, 1.54) is 0 Å². The molecule has 0 heterocycles. The molecule has 0 saturated heterocycles. The quantitative estimate of drug-likeness (QED) is 0.825. The zero-order chi connectivity index (χ0) is 12.0. The molecule has 90 valence electrons. The molecule has 1 unspecified atom stereocenters. The topological polar surface area (TPSA) is 32.3 Å². The smallest absolute Gasteiger partial charge is 0.0434 e. The van der Waals surface area contributed by atoms with Crippen LogP contribution in [0.15, 0.2) is 18.2 Å². The second-order valence-electron chi connectivity index (χ2n) is 4.03. The number of aliphatic hydroxyl groups excluding tert-OH is 1. The Morgan fingerprint density at radius 2 is 1.88 bits per heavy atom. The molecule has 4 heteroatoms. The van der Waals surface area contributed by atoms with Gasteiger partial charge in [0.1, 0.15) is 0 Å². The molecule has 0 radical (unpaired) electrons. The Bertz CT molecular complexity index is 311. The van der Waals surface area contributed by atoms with Gasteiger partial charge in [-0.3, -0.25) is 0 Å². The summed E-state index contributed by atoms with van der Waals surface area (Å²) in [5, 5.41) is 13.4. The van der Waals surface area contributed by atoms with Gasteiger partial charge in [0.25, 0.3) is 0 Å². The van der Waals surface area contributed by atoms with Crippen LogP contribution in [-0.4, -0.2) is 18.3 Å². The van der Waals surface area contributed by atoms with E-state index in [1.54, 1.807) is 6.07 Å². The van der Waals surface area contributed by atoms with Crippen LogP contribution in [0, 0.1) is 5.92 Å². The van der Waals surface area contributed by atoms with Crippen LogP contribution in [0.3, 0.4) is 0 Å².